The molecule has 8 heteroatoms. The van der Waals surface area contributed by atoms with Gasteiger partial charge in [-0.25, -0.2) is 9.99 Å². The van der Waals surface area contributed by atoms with Crippen molar-refractivity contribution in [3.8, 4) is 0 Å². The summed E-state index contributed by atoms with van der Waals surface area (Å²) in [5.74, 6) is 0.0900. The first-order valence-electron chi connectivity index (χ1n) is 10.6. The third-order valence-electron chi connectivity index (χ3n) is 6.09. The van der Waals surface area contributed by atoms with Crippen molar-refractivity contribution in [1.29, 1.82) is 0 Å². The SMILES string of the molecule is CC(Cc1nc2c(Cl)cccc2[nH]1)C(=O)N[C@@H]1C(=O)N2CCCN2Cc2ccccc21. The number of hydrazine groups is 1. The van der Waals surface area contributed by atoms with Crippen LogP contribution >= 0.6 is 11.6 Å². The van der Waals surface area contributed by atoms with E-state index in [2.05, 4.69) is 20.3 Å². The van der Waals surface area contributed by atoms with Gasteiger partial charge >= 0.3 is 0 Å². The van der Waals surface area contributed by atoms with Gasteiger partial charge in [-0.1, -0.05) is 48.9 Å². The third kappa shape index (κ3) is 3.68. The summed E-state index contributed by atoms with van der Waals surface area (Å²) in [5, 5.41) is 7.46. The topological polar surface area (TPSA) is 81.3 Å². The van der Waals surface area contributed by atoms with E-state index < -0.39 is 6.04 Å². The van der Waals surface area contributed by atoms with E-state index in [1.54, 1.807) is 11.1 Å². The van der Waals surface area contributed by atoms with Gasteiger partial charge < -0.3 is 10.3 Å². The summed E-state index contributed by atoms with van der Waals surface area (Å²) in [6.07, 6.45) is 1.37. The molecule has 2 amide bonds. The minimum Gasteiger partial charge on any atom is -0.342 e. The zero-order chi connectivity index (χ0) is 21.5. The summed E-state index contributed by atoms with van der Waals surface area (Å²) in [6, 6.07) is 12.7. The van der Waals surface area contributed by atoms with Crippen LogP contribution in [0.15, 0.2) is 42.5 Å². The maximum absolute atomic E-state index is 13.3. The van der Waals surface area contributed by atoms with Crippen molar-refractivity contribution >= 4 is 34.4 Å². The van der Waals surface area contributed by atoms with Crippen molar-refractivity contribution in [2.75, 3.05) is 13.1 Å². The minimum absolute atomic E-state index is 0.0708. The van der Waals surface area contributed by atoms with Crippen molar-refractivity contribution in [3.63, 3.8) is 0 Å². The summed E-state index contributed by atoms with van der Waals surface area (Å²) >= 11 is 6.21. The first kappa shape index (κ1) is 20.0. The number of nitrogens with one attached hydrogen (secondary N) is 2. The van der Waals surface area contributed by atoms with Gasteiger partial charge in [-0.15, -0.1) is 0 Å². The van der Waals surface area contributed by atoms with Crippen LogP contribution in [-0.2, 0) is 22.6 Å². The summed E-state index contributed by atoms with van der Waals surface area (Å²) in [6.45, 7) is 4.07. The predicted octanol–water partition coefficient (Wildman–Crippen LogP) is 3.22. The molecule has 2 atom stereocenters. The van der Waals surface area contributed by atoms with Gasteiger partial charge in [-0.2, -0.15) is 0 Å². The van der Waals surface area contributed by atoms with Crippen molar-refractivity contribution in [1.82, 2.24) is 25.3 Å². The molecule has 1 unspecified atom stereocenters. The highest BCUT2D eigenvalue weighted by Crippen LogP contribution is 2.30. The first-order chi connectivity index (χ1) is 15.0. The Labute approximate surface area is 185 Å². The molecule has 0 spiro atoms. The first-order valence-corrected chi connectivity index (χ1v) is 11.0. The second-order valence-electron chi connectivity index (χ2n) is 8.27. The molecule has 3 aromatic rings. The molecule has 160 valence electrons. The number of fused-ring (bicyclic) bond motifs is 3. The second-order valence-corrected chi connectivity index (χ2v) is 8.68. The molecular weight excluding hydrogens is 414 g/mol. The van der Waals surface area contributed by atoms with Crippen LogP contribution in [0.25, 0.3) is 11.0 Å². The van der Waals surface area contributed by atoms with Crippen LogP contribution in [0.3, 0.4) is 0 Å². The molecule has 1 saturated heterocycles. The Balaban J connectivity index is 1.36. The highest BCUT2D eigenvalue weighted by Gasteiger charge is 2.38. The Morgan fingerprint density at radius 2 is 2.10 bits per heavy atom. The number of aromatic amines is 1. The maximum atomic E-state index is 13.3. The van der Waals surface area contributed by atoms with Crippen LogP contribution in [0.5, 0.6) is 0 Å². The van der Waals surface area contributed by atoms with Crippen molar-refractivity contribution in [2.45, 2.75) is 32.4 Å². The lowest BCUT2D eigenvalue weighted by atomic mass is 9.98. The van der Waals surface area contributed by atoms with Crippen molar-refractivity contribution in [2.24, 2.45) is 5.92 Å². The Morgan fingerprint density at radius 3 is 2.94 bits per heavy atom. The average molecular weight is 438 g/mol. The number of hydrogen-bond acceptors (Lipinski definition) is 4. The smallest absolute Gasteiger partial charge is 0.264 e. The van der Waals surface area contributed by atoms with Gasteiger partial charge in [0.25, 0.3) is 5.91 Å². The number of hydrogen-bond donors (Lipinski definition) is 2. The molecule has 2 N–H and O–H groups in total. The molecule has 0 saturated carbocycles. The van der Waals surface area contributed by atoms with E-state index in [0.29, 0.717) is 35.9 Å². The quantitative estimate of drug-likeness (QED) is 0.656. The maximum Gasteiger partial charge on any atom is 0.264 e. The number of para-hydroxylation sites is 1. The van der Waals surface area contributed by atoms with E-state index >= 15 is 0 Å². The van der Waals surface area contributed by atoms with Crippen molar-refractivity contribution in [3.05, 3.63) is 64.4 Å². The van der Waals surface area contributed by atoms with Gasteiger partial charge in [0.2, 0.25) is 5.91 Å². The molecule has 0 radical (unpaired) electrons. The largest absolute Gasteiger partial charge is 0.342 e. The van der Waals surface area contributed by atoms with E-state index in [9.17, 15) is 9.59 Å². The highest BCUT2D eigenvalue weighted by atomic mass is 35.5. The van der Waals surface area contributed by atoms with Gasteiger partial charge in [0.15, 0.2) is 0 Å². The normalized spacial score (nSPS) is 19.7. The molecule has 0 aliphatic carbocycles. The van der Waals surface area contributed by atoms with Crippen LogP contribution in [0.1, 0.15) is 36.3 Å². The number of halogens is 1. The van der Waals surface area contributed by atoms with Crippen molar-refractivity contribution < 1.29 is 9.59 Å². The summed E-state index contributed by atoms with van der Waals surface area (Å²) in [7, 11) is 0. The van der Waals surface area contributed by atoms with Gasteiger partial charge in [-0.05, 0) is 29.7 Å². The lowest BCUT2D eigenvalue weighted by molar-refractivity contribution is -0.148. The average Bonchev–Trinajstić information content (AvgIpc) is 3.37. The number of H-pyrrole nitrogens is 1. The zero-order valence-electron chi connectivity index (χ0n) is 17.3. The molecule has 3 heterocycles. The molecule has 7 nitrogen and oxygen atoms in total. The monoisotopic (exact) mass is 437 g/mol. The summed E-state index contributed by atoms with van der Waals surface area (Å²) < 4.78 is 0. The van der Waals surface area contributed by atoms with Crippen LogP contribution in [0.4, 0.5) is 0 Å². The molecule has 31 heavy (non-hydrogen) atoms. The van der Waals surface area contributed by atoms with E-state index in [1.807, 2.05) is 43.3 Å². The Bertz CT molecular complexity index is 1160. The van der Waals surface area contributed by atoms with E-state index in [0.717, 1.165) is 29.6 Å². The van der Waals surface area contributed by atoms with Crippen LogP contribution in [0, 0.1) is 5.92 Å². The molecule has 1 fully saturated rings. The Kier molecular flexibility index (Phi) is 5.16. The molecule has 0 bridgehead atoms. The highest BCUT2D eigenvalue weighted by molar-refractivity contribution is 6.34. The Morgan fingerprint density at radius 1 is 1.26 bits per heavy atom. The third-order valence-corrected chi connectivity index (χ3v) is 6.40. The molecule has 2 aliphatic heterocycles. The Hall–Kier alpha value is -2.90. The second kappa shape index (κ2) is 7.98. The number of nitrogens with zero attached hydrogens (tertiary/aromatic N) is 3. The molecule has 5 rings (SSSR count). The van der Waals surface area contributed by atoms with Gasteiger partial charge in [-0.3, -0.25) is 14.6 Å². The van der Waals surface area contributed by atoms with Crippen LogP contribution in [-0.4, -0.2) is 44.9 Å². The summed E-state index contributed by atoms with van der Waals surface area (Å²) in [4.78, 5) is 34.2. The number of aromatic nitrogens is 2. The number of carbonyl (C=O) groups excluding carboxylic acids is 2. The fraction of sp³-hybridized carbons (Fsp3) is 0.348. The lowest BCUT2D eigenvalue weighted by Gasteiger charge is -2.28. The number of rotatable bonds is 4. The number of carbonyl (C=O) groups is 2. The zero-order valence-corrected chi connectivity index (χ0v) is 18.0. The standard InChI is InChI=1S/C23H24ClN5O2/c1-14(12-19-25-18-9-4-8-17(24)21(18)26-19)22(30)27-20-16-7-3-2-6-15(16)13-28-10-5-11-29(28)23(20)31/h2-4,6-9,14,20H,5,10-13H2,1H3,(H,25,26)(H,27,30)/t14?,20-/m0/s1. The van der Waals surface area contributed by atoms with Crippen LogP contribution in [0.2, 0.25) is 5.02 Å². The number of imidazole rings is 1. The summed E-state index contributed by atoms with van der Waals surface area (Å²) in [5.41, 5.74) is 3.49. The molecule has 2 aliphatic rings. The van der Waals surface area contributed by atoms with Gasteiger partial charge in [0.05, 0.1) is 10.5 Å². The molecular formula is C23H24ClN5O2. The van der Waals surface area contributed by atoms with Gasteiger partial charge in [0, 0.05) is 32.0 Å². The number of benzene rings is 2. The fourth-order valence-electron chi connectivity index (χ4n) is 4.47. The van der Waals surface area contributed by atoms with E-state index in [4.69, 9.17) is 11.6 Å². The minimum atomic E-state index is -0.681. The number of amides is 2. The fourth-order valence-corrected chi connectivity index (χ4v) is 4.69. The van der Waals surface area contributed by atoms with E-state index in [-0.39, 0.29) is 17.7 Å². The van der Waals surface area contributed by atoms with Crippen LogP contribution < -0.4 is 5.32 Å². The molecule has 2 aromatic carbocycles. The lowest BCUT2D eigenvalue weighted by Crippen LogP contribution is -2.46. The predicted molar refractivity (Wildman–Crippen MR) is 118 cm³/mol. The molecule has 1 aromatic heterocycles. The van der Waals surface area contributed by atoms with E-state index in [1.165, 1.54) is 0 Å². The van der Waals surface area contributed by atoms with Gasteiger partial charge in [0.1, 0.15) is 17.4 Å².